The quantitative estimate of drug-likeness (QED) is 0.593. The molecule has 0 aliphatic carbocycles. The molecule has 0 bridgehead atoms. The molecule has 1 N–H and O–H groups in total. The number of hydrogen-bond acceptors (Lipinski definition) is 4. The first-order valence-corrected chi connectivity index (χ1v) is 4.84. The van der Waals surface area contributed by atoms with Crippen LogP contribution in [0.25, 0.3) is 0 Å². The van der Waals surface area contributed by atoms with Gasteiger partial charge in [-0.1, -0.05) is 6.92 Å². The number of nitro groups is 1. The molecule has 0 aliphatic heterocycles. The van der Waals surface area contributed by atoms with Crippen molar-refractivity contribution >= 4 is 5.69 Å². The third kappa shape index (κ3) is 2.33. The lowest BCUT2D eigenvalue weighted by Crippen LogP contribution is -2.10. The normalized spacial score (nSPS) is 12.8. The summed E-state index contributed by atoms with van der Waals surface area (Å²) in [6, 6.07) is 0. The maximum atomic E-state index is 10.9. The predicted molar refractivity (Wildman–Crippen MR) is 54.6 cm³/mol. The molecule has 0 aliphatic rings. The summed E-state index contributed by atoms with van der Waals surface area (Å²) in [7, 11) is 1.66. The van der Waals surface area contributed by atoms with Crippen molar-refractivity contribution in [1.29, 1.82) is 0 Å². The number of rotatable bonds is 4. The van der Waals surface area contributed by atoms with Crippen LogP contribution in [0.1, 0.15) is 25.2 Å². The summed E-state index contributed by atoms with van der Waals surface area (Å²) in [5.41, 5.74) is 0.992. The van der Waals surface area contributed by atoms with Crippen molar-refractivity contribution in [2.24, 2.45) is 7.05 Å². The molecule has 6 heteroatoms. The molecular weight excluding hydrogens is 198 g/mol. The Bertz CT molecular complexity index is 371. The summed E-state index contributed by atoms with van der Waals surface area (Å²) in [4.78, 5) is 10.4. The van der Waals surface area contributed by atoms with Gasteiger partial charge in [0, 0.05) is 13.5 Å². The summed E-state index contributed by atoms with van der Waals surface area (Å²) < 4.78 is 1.48. The Morgan fingerprint density at radius 2 is 2.27 bits per heavy atom. The van der Waals surface area contributed by atoms with Gasteiger partial charge in [-0.15, -0.1) is 0 Å². The van der Waals surface area contributed by atoms with Gasteiger partial charge >= 0.3 is 5.69 Å². The van der Waals surface area contributed by atoms with Crippen LogP contribution in [0, 0.1) is 10.1 Å². The third-order valence-corrected chi connectivity index (χ3v) is 2.21. The minimum atomic E-state index is -0.608. The van der Waals surface area contributed by atoms with Gasteiger partial charge in [-0.05, 0) is 13.3 Å². The number of nitrogens with zero attached hydrogens (tertiary/aromatic N) is 3. The molecule has 15 heavy (non-hydrogen) atoms. The Morgan fingerprint density at radius 1 is 1.67 bits per heavy atom. The van der Waals surface area contributed by atoms with Crippen LogP contribution >= 0.6 is 0 Å². The van der Waals surface area contributed by atoms with E-state index in [1.165, 1.54) is 4.68 Å². The molecule has 6 nitrogen and oxygen atoms in total. The number of aliphatic hydroxyl groups excluding tert-OH is 1. The van der Waals surface area contributed by atoms with Crippen LogP contribution < -0.4 is 0 Å². The fraction of sp³-hybridized carbons (Fsp3) is 0.667. The summed E-state index contributed by atoms with van der Waals surface area (Å²) in [5.74, 6) is 0. The van der Waals surface area contributed by atoms with Gasteiger partial charge in [-0.3, -0.25) is 14.8 Å². The van der Waals surface area contributed by atoms with Gasteiger partial charge in [0.05, 0.1) is 11.0 Å². The van der Waals surface area contributed by atoms with Crippen LogP contribution in [-0.4, -0.2) is 25.9 Å². The Balaban J connectivity index is 3.22. The standard InChI is InChI=1S/C9H15N3O3/c1-4-7-9(12(14)15)8(5-6(2)13)11(3)10-7/h6,13H,4-5H2,1-3H3. The SMILES string of the molecule is CCc1nn(C)c(CC(C)O)c1[N+](=O)[O-]. The van der Waals surface area contributed by atoms with Gasteiger partial charge in [0.25, 0.3) is 0 Å². The van der Waals surface area contributed by atoms with E-state index in [0.29, 0.717) is 17.8 Å². The Labute approximate surface area is 87.7 Å². The van der Waals surface area contributed by atoms with E-state index in [-0.39, 0.29) is 12.1 Å². The summed E-state index contributed by atoms with van der Waals surface area (Å²) in [6.45, 7) is 3.42. The van der Waals surface area contributed by atoms with Crippen LogP contribution in [0.2, 0.25) is 0 Å². The molecule has 0 aromatic carbocycles. The van der Waals surface area contributed by atoms with E-state index in [1.54, 1.807) is 14.0 Å². The predicted octanol–water partition coefficient (Wildman–Crippen LogP) is 0.814. The Hall–Kier alpha value is -1.43. The average Bonchev–Trinajstić information content (AvgIpc) is 2.42. The van der Waals surface area contributed by atoms with E-state index < -0.39 is 11.0 Å². The van der Waals surface area contributed by atoms with Crippen LogP contribution in [0.5, 0.6) is 0 Å². The fourth-order valence-corrected chi connectivity index (χ4v) is 1.57. The van der Waals surface area contributed by atoms with Gasteiger partial charge < -0.3 is 5.11 Å². The highest BCUT2D eigenvalue weighted by Crippen LogP contribution is 2.24. The molecule has 1 heterocycles. The maximum absolute atomic E-state index is 10.9. The lowest BCUT2D eigenvalue weighted by atomic mass is 10.1. The minimum absolute atomic E-state index is 0.0425. The first-order valence-electron chi connectivity index (χ1n) is 4.84. The van der Waals surface area contributed by atoms with Gasteiger partial charge in [0.2, 0.25) is 0 Å². The molecule has 1 unspecified atom stereocenters. The zero-order valence-electron chi connectivity index (χ0n) is 9.10. The molecule has 0 fully saturated rings. The van der Waals surface area contributed by atoms with E-state index in [4.69, 9.17) is 0 Å². The number of hydrogen-bond donors (Lipinski definition) is 1. The fourth-order valence-electron chi connectivity index (χ4n) is 1.57. The third-order valence-electron chi connectivity index (χ3n) is 2.21. The van der Waals surface area contributed by atoms with E-state index in [9.17, 15) is 15.2 Å². The first kappa shape index (κ1) is 11.6. The van der Waals surface area contributed by atoms with Crippen molar-refractivity contribution < 1.29 is 10.0 Å². The van der Waals surface area contributed by atoms with Crippen molar-refractivity contribution in [1.82, 2.24) is 9.78 Å². The smallest absolute Gasteiger partial charge is 0.313 e. The van der Waals surface area contributed by atoms with Crippen LogP contribution in [0.4, 0.5) is 5.69 Å². The molecule has 84 valence electrons. The first-order chi connectivity index (χ1) is 6.97. The summed E-state index contributed by atoms with van der Waals surface area (Å²) in [5, 5.41) is 24.2. The Morgan fingerprint density at radius 3 is 2.67 bits per heavy atom. The zero-order chi connectivity index (χ0) is 11.6. The molecule has 1 aromatic heterocycles. The Kier molecular flexibility index (Phi) is 3.41. The van der Waals surface area contributed by atoms with Crippen LogP contribution in [-0.2, 0) is 19.9 Å². The highest BCUT2D eigenvalue weighted by Gasteiger charge is 2.25. The van der Waals surface area contributed by atoms with E-state index >= 15 is 0 Å². The number of aromatic nitrogens is 2. The second kappa shape index (κ2) is 4.39. The second-order valence-corrected chi connectivity index (χ2v) is 3.53. The topological polar surface area (TPSA) is 81.2 Å². The minimum Gasteiger partial charge on any atom is -0.393 e. The van der Waals surface area contributed by atoms with Crippen molar-refractivity contribution in [2.45, 2.75) is 32.8 Å². The van der Waals surface area contributed by atoms with E-state index in [2.05, 4.69) is 5.10 Å². The van der Waals surface area contributed by atoms with Gasteiger partial charge in [-0.2, -0.15) is 5.10 Å². The highest BCUT2D eigenvalue weighted by atomic mass is 16.6. The molecular formula is C9H15N3O3. The van der Waals surface area contributed by atoms with Crippen LogP contribution in [0.3, 0.4) is 0 Å². The van der Waals surface area contributed by atoms with Gasteiger partial charge in [-0.25, -0.2) is 0 Å². The number of aliphatic hydroxyl groups is 1. The zero-order valence-corrected chi connectivity index (χ0v) is 9.10. The van der Waals surface area contributed by atoms with Crippen LogP contribution in [0.15, 0.2) is 0 Å². The van der Waals surface area contributed by atoms with Crippen molar-refractivity contribution in [2.75, 3.05) is 0 Å². The molecule has 1 aromatic rings. The average molecular weight is 213 g/mol. The molecule has 0 saturated carbocycles. The summed E-state index contributed by atoms with van der Waals surface area (Å²) >= 11 is 0. The van der Waals surface area contributed by atoms with Gasteiger partial charge in [0.1, 0.15) is 11.4 Å². The largest absolute Gasteiger partial charge is 0.393 e. The molecule has 0 radical (unpaired) electrons. The lowest BCUT2D eigenvalue weighted by Gasteiger charge is -2.03. The molecule has 1 atom stereocenters. The number of aryl methyl sites for hydroxylation is 2. The molecule has 0 saturated heterocycles. The summed E-state index contributed by atoms with van der Waals surface area (Å²) in [6.07, 6.45) is 0.160. The van der Waals surface area contributed by atoms with Crippen molar-refractivity contribution in [3.8, 4) is 0 Å². The molecule has 1 rings (SSSR count). The van der Waals surface area contributed by atoms with Gasteiger partial charge in [0.15, 0.2) is 0 Å². The van der Waals surface area contributed by atoms with Crippen molar-refractivity contribution in [3.63, 3.8) is 0 Å². The van der Waals surface area contributed by atoms with Crippen molar-refractivity contribution in [3.05, 3.63) is 21.5 Å². The molecule has 0 spiro atoms. The molecule has 0 amide bonds. The van der Waals surface area contributed by atoms with E-state index in [1.807, 2.05) is 6.92 Å². The monoisotopic (exact) mass is 213 g/mol. The second-order valence-electron chi connectivity index (χ2n) is 3.53. The maximum Gasteiger partial charge on any atom is 0.313 e. The highest BCUT2D eigenvalue weighted by molar-refractivity contribution is 5.41. The van der Waals surface area contributed by atoms with E-state index in [0.717, 1.165) is 0 Å². The lowest BCUT2D eigenvalue weighted by molar-refractivity contribution is -0.386.